The average molecular weight is 285 g/mol. The molecule has 6 nitrogen and oxygen atoms in total. The lowest BCUT2D eigenvalue weighted by molar-refractivity contribution is -0.119. The van der Waals surface area contributed by atoms with Crippen LogP contribution in [-0.4, -0.2) is 33.3 Å². The minimum atomic E-state index is -0.114. The van der Waals surface area contributed by atoms with Gasteiger partial charge in [0.15, 0.2) is 0 Å². The zero-order valence-electron chi connectivity index (χ0n) is 12.0. The number of nitrogens with zero attached hydrogens (tertiary/aromatic N) is 3. The first-order valence-corrected chi connectivity index (χ1v) is 7.23. The summed E-state index contributed by atoms with van der Waals surface area (Å²) < 4.78 is 1.80. The molecule has 1 aliphatic heterocycles. The van der Waals surface area contributed by atoms with Crippen molar-refractivity contribution in [3.8, 4) is 5.69 Å². The molecule has 2 heterocycles. The van der Waals surface area contributed by atoms with Gasteiger partial charge in [0, 0.05) is 5.69 Å². The van der Waals surface area contributed by atoms with Crippen molar-refractivity contribution in [3.63, 3.8) is 0 Å². The van der Waals surface area contributed by atoms with E-state index in [1.54, 1.807) is 17.2 Å². The van der Waals surface area contributed by atoms with Gasteiger partial charge in [-0.05, 0) is 43.5 Å². The van der Waals surface area contributed by atoms with Crippen molar-refractivity contribution < 1.29 is 4.79 Å². The molecule has 1 aromatic carbocycles. The molecule has 0 saturated carbocycles. The van der Waals surface area contributed by atoms with E-state index < -0.39 is 0 Å². The fraction of sp³-hybridized carbons (Fsp3) is 0.400. The predicted octanol–water partition coefficient (Wildman–Crippen LogP) is 1.59. The molecule has 0 bridgehead atoms. The van der Waals surface area contributed by atoms with Gasteiger partial charge < -0.3 is 10.6 Å². The van der Waals surface area contributed by atoms with Gasteiger partial charge in [0.05, 0.1) is 11.7 Å². The minimum absolute atomic E-state index is 0.0307. The number of benzene rings is 1. The third-order valence-electron chi connectivity index (χ3n) is 3.88. The van der Waals surface area contributed by atoms with E-state index in [2.05, 4.69) is 27.8 Å². The molecular formula is C15H19N5O. The maximum absolute atomic E-state index is 12.4. The number of carbonyl (C=O) groups excluding carboxylic acids is 1. The number of anilines is 1. The van der Waals surface area contributed by atoms with Crippen LogP contribution in [0.2, 0.25) is 0 Å². The van der Waals surface area contributed by atoms with E-state index in [0.717, 1.165) is 30.8 Å². The number of rotatable bonds is 3. The fourth-order valence-corrected chi connectivity index (χ4v) is 2.70. The molecule has 2 atom stereocenters. The Kier molecular flexibility index (Phi) is 3.96. The van der Waals surface area contributed by atoms with Crippen LogP contribution in [0.5, 0.6) is 0 Å². The van der Waals surface area contributed by atoms with Crippen LogP contribution in [0.25, 0.3) is 5.69 Å². The zero-order valence-corrected chi connectivity index (χ0v) is 12.0. The molecule has 6 heteroatoms. The highest BCUT2D eigenvalue weighted by Gasteiger charge is 2.27. The predicted molar refractivity (Wildman–Crippen MR) is 80.2 cm³/mol. The van der Waals surface area contributed by atoms with Crippen LogP contribution in [0.4, 0.5) is 5.69 Å². The number of hydrogen-bond acceptors (Lipinski definition) is 4. The first-order valence-electron chi connectivity index (χ1n) is 7.23. The van der Waals surface area contributed by atoms with Crippen molar-refractivity contribution in [2.45, 2.75) is 25.8 Å². The monoisotopic (exact) mass is 285 g/mol. The van der Waals surface area contributed by atoms with E-state index in [9.17, 15) is 4.79 Å². The molecule has 2 aromatic rings. The Morgan fingerprint density at radius 2 is 2.19 bits per heavy atom. The van der Waals surface area contributed by atoms with Gasteiger partial charge in [-0.1, -0.05) is 13.0 Å². The number of aromatic nitrogens is 3. The van der Waals surface area contributed by atoms with E-state index in [1.807, 2.05) is 24.3 Å². The molecule has 0 spiro atoms. The zero-order chi connectivity index (χ0) is 14.7. The van der Waals surface area contributed by atoms with Gasteiger partial charge in [-0.3, -0.25) is 9.36 Å². The Labute approximate surface area is 123 Å². The first-order chi connectivity index (χ1) is 10.2. The Bertz CT molecular complexity index is 610. The number of piperidine rings is 1. The van der Waals surface area contributed by atoms with Gasteiger partial charge in [-0.15, -0.1) is 10.2 Å². The first kappa shape index (κ1) is 13.8. The van der Waals surface area contributed by atoms with Crippen molar-refractivity contribution in [1.82, 2.24) is 20.1 Å². The fourth-order valence-electron chi connectivity index (χ4n) is 2.70. The van der Waals surface area contributed by atoms with Gasteiger partial charge >= 0.3 is 0 Å². The van der Waals surface area contributed by atoms with Crippen LogP contribution in [0.3, 0.4) is 0 Å². The van der Waals surface area contributed by atoms with E-state index >= 15 is 0 Å². The summed E-state index contributed by atoms with van der Waals surface area (Å²) in [6.07, 6.45) is 5.48. The molecule has 3 rings (SSSR count). The van der Waals surface area contributed by atoms with Crippen LogP contribution in [-0.2, 0) is 4.79 Å². The molecule has 21 heavy (non-hydrogen) atoms. The Morgan fingerprint density at radius 1 is 1.38 bits per heavy atom. The largest absolute Gasteiger partial charge is 0.325 e. The highest BCUT2D eigenvalue weighted by atomic mass is 16.2. The average Bonchev–Trinajstić information content (AvgIpc) is 3.02. The minimum Gasteiger partial charge on any atom is -0.325 e. The summed E-state index contributed by atoms with van der Waals surface area (Å²) in [6.45, 7) is 3.02. The van der Waals surface area contributed by atoms with Crippen molar-refractivity contribution in [2.75, 3.05) is 11.9 Å². The lowest BCUT2D eigenvalue weighted by atomic mass is 9.92. The quantitative estimate of drug-likeness (QED) is 0.898. The lowest BCUT2D eigenvalue weighted by Gasteiger charge is -2.28. The van der Waals surface area contributed by atoms with Gasteiger partial charge in [-0.25, -0.2) is 0 Å². The van der Waals surface area contributed by atoms with Crippen molar-refractivity contribution >= 4 is 11.6 Å². The summed E-state index contributed by atoms with van der Waals surface area (Å²) in [7, 11) is 0. The summed E-state index contributed by atoms with van der Waals surface area (Å²) in [5.74, 6) is 0.392. The van der Waals surface area contributed by atoms with Crippen molar-refractivity contribution in [2.24, 2.45) is 5.92 Å². The molecule has 0 radical (unpaired) electrons. The van der Waals surface area contributed by atoms with Crippen LogP contribution in [0, 0.1) is 5.92 Å². The second-order valence-electron chi connectivity index (χ2n) is 5.46. The summed E-state index contributed by atoms with van der Waals surface area (Å²) in [5, 5.41) is 13.9. The lowest BCUT2D eigenvalue weighted by Crippen LogP contribution is -2.48. The molecule has 1 amide bonds. The van der Waals surface area contributed by atoms with Crippen LogP contribution in [0.15, 0.2) is 36.9 Å². The molecule has 1 fully saturated rings. The maximum atomic E-state index is 12.4. The highest BCUT2D eigenvalue weighted by Crippen LogP contribution is 2.19. The molecule has 0 aliphatic carbocycles. The van der Waals surface area contributed by atoms with Gasteiger partial charge in [0.2, 0.25) is 5.91 Å². The summed E-state index contributed by atoms with van der Waals surface area (Å²) in [6, 6.07) is 7.54. The van der Waals surface area contributed by atoms with Crippen LogP contribution >= 0.6 is 0 Å². The number of carbonyl (C=O) groups is 1. The van der Waals surface area contributed by atoms with E-state index in [-0.39, 0.29) is 11.9 Å². The second kappa shape index (κ2) is 6.05. The SMILES string of the molecule is CC1CCCNC1C(=O)Nc1cccc(-n2cnnc2)c1. The molecule has 1 aliphatic rings. The standard InChI is InChI=1S/C15H19N5O/c1-11-4-3-7-16-14(11)15(21)19-12-5-2-6-13(8-12)20-9-17-18-10-20/h2,5-6,8-11,14,16H,3-4,7H2,1H3,(H,19,21). The molecule has 1 aromatic heterocycles. The van der Waals surface area contributed by atoms with Gasteiger partial charge in [-0.2, -0.15) is 0 Å². The molecule has 2 unspecified atom stereocenters. The van der Waals surface area contributed by atoms with E-state index in [0.29, 0.717) is 5.92 Å². The third-order valence-corrected chi connectivity index (χ3v) is 3.88. The van der Waals surface area contributed by atoms with Crippen LogP contribution < -0.4 is 10.6 Å². The molecular weight excluding hydrogens is 266 g/mol. The molecule has 1 saturated heterocycles. The van der Waals surface area contributed by atoms with Crippen LogP contribution in [0.1, 0.15) is 19.8 Å². The Morgan fingerprint density at radius 3 is 2.95 bits per heavy atom. The normalized spacial score (nSPS) is 22.0. The Balaban J connectivity index is 1.73. The van der Waals surface area contributed by atoms with Crippen molar-refractivity contribution in [3.05, 3.63) is 36.9 Å². The maximum Gasteiger partial charge on any atom is 0.241 e. The van der Waals surface area contributed by atoms with Crippen molar-refractivity contribution in [1.29, 1.82) is 0 Å². The smallest absolute Gasteiger partial charge is 0.241 e. The summed E-state index contributed by atoms with van der Waals surface area (Å²) in [4.78, 5) is 12.4. The highest BCUT2D eigenvalue weighted by molar-refractivity contribution is 5.95. The van der Waals surface area contributed by atoms with Gasteiger partial charge in [0.25, 0.3) is 0 Å². The van der Waals surface area contributed by atoms with Gasteiger partial charge in [0.1, 0.15) is 12.7 Å². The number of nitrogens with one attached hydrogen (secondary N) is 2. The summed E-state index contributed by atoms with van der Waals surface area (Å²) in [5.41, 5.74) is 1.70. The number of hydrogen-bond donors (Lipinski definition) is 2. The van der Waals surface area contributed by atoms with E-state index in [1.165, 1.54) is 0 Å². The topological polar surface area (TPSA) is 71.8 Å². The van der Waals surface area contributed by atoms with E-state index in [4.69, 9.17) is 0 Å². The molecule has 110 valence electrons. The summed E-state index contributed by atoms with van der Waals surface area (Å²) >= 11 is 0. The third kappa shape index (κ3) is 3.11. The molecule has 2 N–H and O–H groups in total. The Hall–Kier alpha value is -2.21. The second-order valence-corrected chi connectivity index (χ2v) is 5.46. The number of amides is 1.